The number of imide groups is 1. The van der Waals surface area contributed by atoms with Gasteiger partial charge >= 0.3 is 6.61 Å². The third-order valence-electron chi connectivity index (χ3n) is 4.82. The van der Waals surface area contributed by atoms with Crippen LogP contribution in [0.25, 0.3) is 6.08 Å². The standard InChI is InChI=1S/C23H22F2N2O5S/c1-12-7-13(2)20(14(3)8-12)26-19(28)11-27-21(29)18(33-23(27)30)10-15-5-6-16(32-22(24)25)17(9-15)31-4/h5-10,22H,11H2,1-4H3,(H,26,28)/b18-10-. The van der Waals surface area contributed by atoms with E-state index in [2.05, 4.69) is 10.1 Å². The molecule has 0 unspecified atom stereocenters. The molecule has 3 amide bonds. The first kappa shape index (κ1) is 24.2. The van der Waals surface area contributed by atoms with E-state index in [1.54, 1.807) is 0 Å². The van der Waals surface area contributed by atoms with E-state index < -0.39 is 30.2 Å². The number of nitrogens with zero attached hydrogens (tertiary/aromatic N) is 1. The molecule has 0 aromatic heterocycles. The molecule has 0 aliphatic carbocycles. The zero-order chi connectivity index (χ0) is 24.3. The van der Waals surface area contributed by atoms with Crippen molar-refractivity contribution in [2.45, 2.75) is 27.4 Å². The van der Waals surface area contributed by atoms with Crippen LogP contribution in [0.1, 0.15) is 22.3 Å². The molecule has 0 spiro atoms. The number of hydrogen-bond donors (Lipinski definition) is 1. The van der Waals surface area contributed by atoms with Gasteiger partial charge in [0.05, 0.1) is 12.0 Å². The minimum atomic E-state index is -3.01. The predicted octanol–water partition coefficient (Wildman–Crippen LogP) is 4.90. The molecule has 2 aromatic carbocycles. The third-order valence-corrected chi connectivity index (χ3v) is 5.73. The van der Waals surface area contributed by atoms with E-state index in [4.69, 9.17) is 4.74 Å². The van der Waals surface area contributed by atoms with Gasteiger partial charge in [-0.15, -0.1) is 0 Å². The molecule has 1 heterocycles. The van der Waals surface area contributed by atoms with E-state index in [-0.39, 0.29) is 16.4 Å². The van der Waals surface area contributed by atoms with Crippen LogP contribution in [0.5, 0.6) is 11.5 Å². The second kappa shape index (κ2) is 10.0. The quantitative estimate of drug-likeness (QED) is 0.573. The summed E-state index contributed by atoms with van der Waals surface area (Å²) in [6, 6.07) is 7.99. The minimum Gasteiger partial charge on any atom is -0.493 e. The Morgan fingerprint density at radius 3 is 2.39 bits per heavy atom. The van der Waals surface area contributed by atoms with Crippen molar-refractivity contribution in [1.29, 1.82) is 0 Å². The first-order valence-corrected chi connectivity index (χ1v) is 10.7. The van der Waals surface area contributed by atoms with E-state index in [0.717, 1.165) is 21.6 Å². The molecule has 1 aliphatic rings. The molecule has 33 heavy (non-hydrogen) atoms. The number of hydrogen-bond acceptors (Lipinski definition) is 6. The fourth-order valence-electron chi connectivity index (χ4n) is 3.45. The van der Waals surface area contributed by atoms with Gasteiger partial charge in [-0.25, -0.2) is 0 Å². The van der Waals surface area contributed by atoms with Crippen molar-refractivity contribution in [1.82, 2.24) is 4.90 Å². The number of benzene rings is 2. The molecular weight excluding hydrogens is 454 g/mol. The van der Waals surface area contributed by atoms with Crippen LogP contribution < -0.4 is 14.8 Å². The Kier molecular flexibility index (Phi) is 7.37. The van der Waals surface area contributed by atoms with Crippen molar-refractivity contribution >= 4 is 40.6 Å². The first-order valence-electron chi connectivity index (χ1n) is 9.85. The average molecular weight is 477 g/mol. The smallest absolute Gasteiger partial charge is 0.387 e. The summed E-state index contributed by atoms with van der Waals surface area (Å²) in [6.45, 7) is 2.24. The number of ether oxygens (including phenoxy) is 2. The molecule has 0 saturated carbocycles. The minimum absolute atomic E-state index is 0.0477. The fourth-order valence-corrected chi connectivity index (χ4v) is 4.29. The number of halogens is 2. The van der Waals surface area contributed by atoms with Crippen LogP contribution >= 0.6 is 11.8 Å². The first-order chi connectivity index (χ1) is 15.6. The Bertz CT molecular complexity index is 1130. The summed E-state index contributed by atoms with van der Waals surface area (Å²) in [7, 11) is 1.29. The largest absolute Gasteiger partial charge is 0.493 e. The van der Waals surface area contributed by atoms with Crippen molar-refractivity contribution < 1.29 is 32.6 Å². The summed E-state index contributed by atoms with van der Waals surface area (Å²) in [6.07, 6.45) is 1.42. The Hall–Kier alpha value is -3.40. The number of aryl methyl sites for hydroxylation is 3. The zero-order valence-corrected chi connectivity index (χ0v) is 19.2. The van der Waals surface area contributed by atoms with Gasteiger partial charge in [0.2, 0.25) is 5.91 Å². The second-order valence-corrected chi connectivity index (χ2v) is 8.37. The van der Waals surface area contributed by atoms with Crippen LogP contribution in [0, 0.1) is 20.8 Å². The van der Waals surface area contributed by atoms with Crippen molar-refractivity contribution in [3.8, 4) is 11.5 Å². The molecule has 174 valence electrons. The normalized spacial score (nSPS) is 14.9. The summed E-state index contributed by atoms with van der Waals surface area (Å²) in [5.74, 6) is -1.23. The number of carbonyl (C=O) groups excluding carboxylic acids is 3. The highest BCUT2D eigenvalue weighted by Gasteiger charge is 2.36. The van der Waals surface area contributed by atoms with Gasteiger partial charge in [0, 0.05) is 5.69 Å². The maximum atomic E-state index is 12.7. The molecule has 7 nitrogen and oxygen atoms in total. The van der Waals surface area contributed by atoms with Crippen molar-refractivity contribution in [3.63, 3.8) is 0 Å². The van der Waals surface area contributed by atoms with Crippen LogP contribution in [0.15, 0.2) is 35.2 Å². The van der Waals surface area contributed by atoms with Crippen molar-refractivity contribution in [2.75, 3.05) is 19.0 Å². The van der Waals surface area contributed by atoms with Gasteiger partial charge in [0.1, 0.15) is 6.54 Å². The molecule has 3 rings (SSSR count). The van der Waals surface area contributed by atoms with Gasteiger partial charge in [-0.05, 0) is 67.4 Å². The van der Waals surface area contributed by atoms with Crippen molar-refractivity contribution in [2.24, 2.45) is 0 Å². The number of alkyl halides is 2. The Labute approximate surface area is 193 Å². The highest BCUT2D eigenvalue weighted by Crippen LogP contribution is 2.35. The lowest BCUT2D eigenvalue weighted by Gasteiger charge is -2.16. The molecule has 10 heteroatoms. The maximum absolute atomic E-state index is 12.7. The number of amides is 3. The van der Waals surface area contributed by atoms with Gasteiger partial charge in [0.15, 0.2) is 11.5 Å². The average Bonchev–Trinajstić information content (AvgIpc) is 2.98. The Morgan fingerprint density at radius 1 is 1.12 bits per heavy atom. The molecule has 0 radical (unpaired) electrons. The van der Waals surface area contributed by atoms with Crippen LogP contribution in [0.2, 0.25) is 0 Å². The molecule has 1 aliphatic heterocycles. The maximum Gasteiger partial charge on any atom is 0.387 e. The fraction of sp³-hybridized carbons (Fsp3) is 0.261. The summed E-state index contributed by atoms with van der Waals surface area (Å²) in [5, 5.41) is 2.19. The predicted molar refractivity (Wildman–Crippen MR) is 122 cm³/mol. The number of methoxy groups -OCH3 is 1. The van der Waals surface area contributed by atoms with Crippen molar-refractivity contribution in [3.05, 3.63) is 57.5 Å². The molecule has 1 fully saturated rings. The van der Waals surface area contributed by atoms with Gasteiger partial charge in [-0.3, -0.25) is 19.3 Å². The number of anilines is 1. The second-order valence-electron chi connectivity index (χ2n) is 7.38. The lowest BCUT2D eigenvalue weighted by Crippen LogP contribution is -2.36. The van der Waals surface area contributed by atoms with E-state index in [9.17, 15) is 23.2 Å². The SMILES string of the molecule is COc1cc(/C=C2\SC(=O)N(CC(=O)Nc3c(C)cc(C)cc3C)C2=O)ccc1OC(F)F. The van der Waals surface area contributed by atoms with Gasteiger partial charge in [0.25, 0.3) is 11.1 Å². The molecule has 1 saturated heterocycles. The van der Waals surface area contributed by atoms with Crippen LogP contribution in [-0.4, -0.2) is 42.2 Å². The van der Waals surface area contributed by atoms with Crippen LogP contribution in [-0.2, 0) is 9.59 Å². The Balaban J connectivity index is 1.74. The lowest BCUT2D eigenvalue weighted by molar-refractivity contribution is -0.127. The number of rotatable bonds is 7. The van der Waals surface area contributed by atoms with Gasteiger partial charge in [-0.2, -0.15) is 8.78 Å². The van der Waals surface area contributed by atoms with E-state index >= 15 is 0 Å². The van der Waals surface area contributed by atoms with E-state index in [1.807, 2.05) is 32.9 Å². The van der Waals surface area contributed by atoms with Gasteiger partial charge in [-0.1, -0.05) is 23.8 Å². The summed E-state index contributed by atoms with van der Waals surface area (Å²) >= 11 is 0.688. The highest BCUT2D eigenvalue weighted by molar-refractivity contribution is 8.18. The van der Waals surface area contributed by atoms with E-state index in [1.165, 1.54) is 31.4 Å². The monoisotopic (exact) mass is 476 g/mol. The summed E-state index contributed by atoms with van der Waals surface area (Å²) < 4.78 is 34.4. The third kappa shape index (κ3) is 5.70. The molecule has 0 atom stereocenters. The summed E-state index contributed by atoms with van der Waals surface area (Å²) in [4.78, 5) is 38.6. The van der Waals surface area contributed by atoms with Crippen LogP contribution in [0.3, 0.4) is 0 Å². The molecule has 0 bridgehead atoms. The highest BCUT2D eigenvalue weighted by atomic mass is 32.2. The molecular formula is C23H22F2N2O5S. The number of nitrogens with one attached hydrogen (secondary N) is 1. The topological polar surface area (TPSA) is 84.9 Å². The van der Waals surface area contributed by atoms with Gasteiger partial charge < -0.3 is 14.8 Å². The van der Waals surface area contributed by atoms with Crippen LogP contribution in [0.4, 0.5) is 19.3 Å². The Morgan fingerprint density at radius 2 is 1.79 bits per heavy atom. The molecule has 1 N–H and O–H groups in total. The lowest BCUT2D eigenvalue weighted by atomic mass is 10.1. The molecule has 2 aromatic rings. The summed E-state index contributed by atoms with van der Waals surface area (Å²) in [5.41, 5.74) is 3.90. The number of carbonyl (C=O) groups is 3. The zero-order valence-electron chi connectivity index (χ0n) is 18.4. The number of thioether (sulfide) groups is 1. The van der Waals surface area contributed by atoms with E-state index in [0.29, 0.717) is 23.0 Å².